The molecule has 1 aromatic carbocycles. The van der Waals surface area contributed by atoms with Gasteiger partial charge in [-0.1, -0.05) is 12.1 Å². The van der Waals surface area contributed by atoms with Crippen molar-refractivity contribution in [3.8, 4) is 0 Å². The van der Waals surface area contributed by atoms with Crippen LogP contribution >= 0.6 is 0 Å². The van der Waals surface area contributed by atoms with E-state index in [9.17, 15) is 4.79 Å². The summed E-state index contributed by atoms with van der Waals surface area (Å²) in [7, 11) is 1.89. The highest BCUT2D eigenvalue weighted by molar-refractivity contribution is 5.92. The van der Waals surface area contributed by atoms with Gasteiger partial charge in [-0.25, -0.2) is 4.98 Å². The number of rotatable bonds is 4. The lowest BCUT2D eigenvalue weighted by Gasteiger charge is -2.06. The number of carbonyl (C=O) groups is 1. The van der Waals surface area contributed by atoms with Crippen molar-refractivity contribution in [2.45, 2.75) is 13.3 Å². The summed E-state index contributed by atoms with van der Waals surface area (Å²) in [4.78, 5) is 19.8. The number of aromatic amines is 1. The molecule has 3 rings (SSSR count). The lowest BCUT2D eigenvalue weighted by molar-refractivity contribution is 0.0945. The molecule has 0 unspecified atom stereocenters. The molecule has 5 nitrogen and oxygen atoms in total. The minimum atomic E-state index is -0.0540. The predicted molar refractivity (Wildman–Crippen MR) is 82.3 cm³/mol. The topological polar surface area (TPSA) is 62.7 Å². The molecule has 21 heavy (non-hydrogen) atoms. The number of imidazole rings is 1. The Hall–Kier alpha value is -2.56. The van der Waals surface area contributed by atoms with Crippen LogP contribution in [0.3, 0.4) is 0 Å². The van der Waals surface area contributed by atoms with Crippen molar-refractivity contribution in [3.63, 3.8) is 0 Å². The second kappa shape index (κ2) is 5.44. The largest absolute Gasteiger partial charge is 0.350 e. The van der Waals surface area contributed by atoms with E-state index in [-0.39, 0.29) is 5.91 Å². The second-order valence-corrected chi connectivity index (χ2v) is 5.13. The fourth-order valence-electron chi connectivity index (χ4n) is 2.35. The normalized spacial score (nSPS) is 11.0. The van der Waals surface area contributed by atoms with Gasteiger partial charge >= 0.3 is 0 Å². The van der Waals surface area contributed by atoms with Crippen LogP contribution in [0.25, 0.3) is 11.0 Å². The first-order valence-corrected chi connectivity index (χ1v) is 6.99. The van der Waals surface area contributed by atoms with Crippen LogP contribution in [0, 0.1) is 6.92 Å². The van der Waals surface area contributed by atoms with Crippen LogP contribution in [0.1, 0.15) is 22.0 Å². The third-order valence-electron chi connectivity index (χ3n) is 3.69. The minimum absolute atomic E-state index is 0.0540. The summed E-state index contributed by atoms with van der Waals surface area (Å²) in [5, 5.41) is 2.93. The zero-order valence-corrected chi connectivity index (χ0v) is 12.2. The van der Waals surface area contributed by atoms with Gasteiger partial charge < -0.3 is 14.9 Å². The molecular formula is C16H18N4O. The van der Waals surface area contributed by atoms with Crippen molar-refractivity contribution in [2.24, 2.45) is 7.05 Å². The Balaban J connectivity index is 1.61. The Morgan fingerprint density at radius 1 is 1.29 bits per heavy atom. The van der Waals surface area contributed by atoms with Gasteiger partial charge in [-0.2, -0.15) is 0 Å². The molecule has 3 aromatic rings. The number of para-hydroxylation sites is 2. The number of H-pyrrole nitrogens is 1. The number of hydrogen-bond acceptors (Lipinski definition) is 2. The molecule has 0 bridgehead atoms. The Morgan fingerprint density at radius 2 is 2.10 bits per heavy atom. The third kappa shape index (κ3) is 2.67. The van der Waals surface area contributed by atoms with E-state index >= 15 is 0 Å². The van der Waals surface area contributed by atoms with Gasteiger partial charge in [-0.15, -0.1) is 0 Å². The van der Waals surface area contributed by atoms with Gasteiger partial charge in [0.15, 0.2) is 0 Å². The smallest absolute Gasteiger partial charge is 0.267 e. The van der Waals surface area contributed by atoms with Gasteiger partial charge in [-0.05, 0) is 31.2 Å². The molecule has 0 aliphatic carbocycles. The second-order valence-electron chi connectivity index (χ2n) is 5.13. The van der Waals surface area contributed by atoms with Crippen LogP contribution in [-0.4, -0.2) is 27.0 Å². The summed E-state index contributed by atoms with van der Waals surface area (Å²) in [6.07, 6.45) is 0.684. The van der Waals surface area contributed by atoms with Crippen molar-refractivity contribution in [2.75, 3.05) is 6.54 Å². The molecule has 0 radical (unpaired) electrons. The fraction of sp³-hybridized carbons (Fsp3) is 0.250. The Labute approximate surface area is 123 Å². The van der Waals surface area contributed by atoms with Gasteiger partial charge in [0.05, 0.1) is 11.0 Å². The maximum atomic E-state index is 12.1. The molecule has 0 aliphatic rings. The molecule has 0 fully saturated rings. The van der Waals surface area contributed by atoms with Crippen LogP contribution in [0.15, 0.2) is 36.4 Å². The van der Waals surface area contributed by atoms with Gasteiger partial charge in [-0.3, -0.25) is 4.79 Å². The van der Waals surface area contributed by atoms with E-state index in [2.05, 4.69) is 15.3 Å². The van der Waals surface area contributed by atoms with E-state index in [0.717, 1.165) is 22.6 Å². The Morgan fingerprint density at radius 3 is 2.81 bits per heavy atom. The quantitative estimate of drug-likeness (QED) is 0.770. The highest BCUT2D eigenvalue weighted by atomic mass is 16.1. The average molecular weight is 282 g/mol. The minimum Gasteiger partial charge on any atom is -0.350 e. The number of nitrogens with one attached hydrogen (secondary N) is 2. The van der Waals surface area contributed by atoms with Gasteiger partial charge in [0.1, 0.15) is 11.5 Å². The molecule has 0 aliphatic heterocycles. The Kier molecular flexibility index (Phi) is 3.48. The summed E-state index contributed by atoms with van der Waals surface area (Å²) in [6.45, 7) is 2.54. The van der Waals surface area contributed by atoms with Crippen LogP contribution in [-0.2, 0) is 13.5 Å². The number of fused-ring (bicyclic) bond motifs is 1. The highest BCUT2D eigenvalue weighted by Gasteiger charge is 2.10. The van der Waals surface area contributed by atoms with Crippen molar-refractivity contribution in [1.82, 2.24) is 19.9 Å². The van der Waals surface area contributed by atoms with E-state index in [1.807, 2.05) is 54.9 Å². The zero-order chi connectivity index (χ0) is 14.8. The van der Waals surface area contributed by atoms with Crippen molar-refractivity contribution >= 4 is 16.9 Å². The van der Waals surface area contributed by atoms with Crippen LogP contribution in [0.2, 0.25) is 0 Å². The van der Waals surface area contributed by atoms with Crippen molar-refractivity contribution in [1.29, 1.82) is 0 Å². The standard InChI is InChI=1S/C16H18N4O/c1-11-7-8-14(20(11)2)16(21)17-10-9-15-18-12-5-3-4-6-13(12)19-15/h3-8H,9-10H2,1-2H3,(H,17,21)(H,18,19). The number of nitrogens with zero attached hydrogens (tertiary/aromatic N) is 2. The maximum absolute atomic E-state index is 12.1. The van der Waals surface area contributed by atoms with Crippen LogP contribution in [0.5, 0.6) is 0 Å². The number of carbonyl (C=O) groups excluding carboxylic acids is 1. The van der Waals surface area contributed by atoms with E-state index in [0.29, 0.717) is 18.7 Å². The molecule has 5 heteroatoms. The van der Waals surface area contributed by atoms with Gasteiger partial charge in [0.25, 0.3) is 5.91 Å². The summed E-state index contributed by atoms with van der Waals surface area (Å²) in [5.74, 6) is 0.835. The Bertz CT molecular complexity index is 752. The number of hydrogen-bond donors (Lipinski definition) is 2. The number of benzene rings is 1. The maximum Gasteiger partial charge on any atom is 0.267 e. The average Bonchev–Trinajstić information content (AvgIpc) is 3.03. The van der Waals surface area contributed by atoms with Crippen LogP contribution < -0.4 is 5.32 Å². The molecular weight excluding hydrogens is 264 g/mol. The summed E-state index contributed by atoms with van der Waals surface area (Å²) in [5.41, 5.74) is 3.73. The molecule has 0 saturated carbocycles. The van der Waals surface area contributed by atoms with Gasteiger partial charge in [0.2, 0.25) is 0 Å². The number of aryl methyl sites for hydroxylation is 1. The zero-order valence-electron chi connectivity index (χ0n) is 12.2. The summed E-state index contributed by atoms with van der Waals surface area (Å²) >= 11 is 0. The monoisotopic (exact) mass is 282 g/mol. The van der Waals surface area contributed by atoms with Crippen molar-refractivity contribution < 1.29 is 4.79 Å². The summed E-state index contributed by atoms with van der Waals surface area (Å²) in [6, 6.07) is 11.7. The molecule has 2 N–H and O–H groups in total. The van der Waals surface area contributed by atoms with Gasteiger partial charge in [0, 0.05) is 25.7 Å². The first kappa shape index (κ1) is 13.4. The first-order valence-electron chi connectivity index (χ1n) is 6.99. The molecule has 2 aromatic heterocycles. The lowest BCUT2D eigenvalue weighted by Crippen LogP contribution is -2.27. The molecule has 2 heterocycles. The van der Waals surface area contributed by atoms with E-state index in [4.69, 9.17) is 0 Å². The van der Waals surface area contributed by atoms with E-state index in [1.54, 1.807) is 0 Å². The third-order valence-corrected chi connectivity index (χ3v) is 3.69. The first-order chi connectivity index (χ1) is 10.1. The fourth-order valence-corrected chi connectivity index (χ4v) is 2.35. The summed E-state index contributed by atoms with van der Waals surface area (Å²) < 4.78 is 1.89. The highest BCUT2D eigenvalue weighted by Crippen LogP contribution is 2.10. The van der Waals surface area contributed by atoms with E-state index in [1.165, 1.54) is 0 Å². The molecule has 0 atom stereocenters. The van der Waals surface area contributed by atoms with Crippen molar-refractivity contribution in [3.05, 3.63) is 53.6 Å². The number of amides is 1. The SMILES string of the molecule is Cc1ccc(C(=O)NCCc2nc3ccccc3[nH]2)n1C. The van der Waals surface area contributed by atoms with Crippen LogP contribution in [0.4, 0.5) is 0 Å². The number of aromatic nitrogens is 3. The molecule has 1 amide bonds. The lowest BCUT2D eigenvalue weighted by atomic mass is 10.3. The molecule has 0 saturated heterocycles. The predicted octanol–water partition coefficient (Wildman–Crippen LogP) is 2.18. The molecule has 108 valence electrons. The van der Waals surface area contributed by atoms with E-state index < -0.39 is 0 Å². The molecule has 0 spiro atoms.